The van der Waals surface area contributed by atoms with Gasteiger partial charge in [0, 0.05) is 14.7 Å². The highest BCUT2D eigenvalue weighted by molar-refractivity contribution is 9.11. The fourth-order valence-corrected chi connectivity index (χ4v) is 7.79. The topological polar surface area (TPSA) is 0 Å². The summed E-state index contributed by atoms with van der Waals surface area (Å²) in [5.74, 6) is 2.47. The summed E-state index contributed by atoms with van der Waals surface area (Å²) in [6.45, 7) is 4.54. The quantitative estimate of drug-likeness (QED) is 0.227. The van der Waals surface area contributed by atoms with Crippen molar-refractivity contribution in [3.63, 3.8) is 0 Å². The van der Waals surface area contributed by atoms with E-state index in [0.29, 0.717) is 0 Å². The van der Waals surface area contributed by atoms with Crippen LogP contribution < -0.4 is 0 Å². The molecule has 0 bridgehead atoms. The van der Waals surface area contributed by atoms with Gasteiger partial charge >= 0.3 is 0 Å². The summed E-state index contributed by atoms with van der Waals surface area (Å²) in [7, 11) is 0. The fraction of sp³-hybridized carbons (Fsp3) is 0.579. The summed E-state index contributed by atoms with van der Waals surface area (Å²) >= 11 is 11.6. The molecule has 0 aliphatic heterocycles. The molecular weight excluding hydrogens is 436 g/mol. The van der Waals surface area contributed by atoms with Crippen LogP contribution in [0.3, 0.4) is 0 Å². The van der Waals surface area contributed by atoms with Crippen molar-refractivity contribution in [2.24, 2.45) is 0 Å². The molecule has 2 rings (SSSR count). The first-order valence-corrected chi connectivity index (χ1v) is 13.3. The van der Waals surface area contributed by atoms with Crippen LogP contribution in [-0.4, -0.2) is 11.5 Å². The maximum absolute atomic E-state index is 3.78. The lowest BCUT2D eigenvalue weighted by atomic mass is 10.2. The fourth-order valence-electron chi connectivity index (χ4n) is 2.40. The van der Waals surface area contributed by atoms with Crippen molar-refractivity contribution in [3.05, 3.63) is 21.3 Å². The van der Waals surface area contributed by atoms with Crippen LogP contribution >= 0.6 is 62.1 Å². The second-order valence-electron chi connectivity index (χ2n) is 5.83. The molecule has 0 spiro atoms. The molecule has 0 atom stereocenters. The lowest BCUT2D eigenvalue weighted by Crippen LogP contribution is -1.80. The van der Waals surface area contributed by atoms with Crippen LogP contribution in [0.15, 0.2) is 31.1 Å². The molecule has 0 aliphatic carbocycles. The predicted octanol–water partition coefficient (Wildman–Crippen LogP) is 9.19. The van der Waals surface area contributed by atoms with Gasteiger partial charge in [-0.25, -0.2) is 0 Å². The monoisotopic (exact) mass is 462 g/mol. The average Bonchev–Trinajstić information content (AvgIpc) is 3.18. The van der Waals surface area contributed by atoms with Crippen LogP contribution in [0.2, 0.25) is 0 Å². The maximum atomic E-state index is 3.78. The SMILES string of the molecule is CCCCCCSc1cc(-c2sccc2SCCCCC)sc1Br. The smallest absolute Gasteiger partial charge is 0.0840 e. The zero-order valence-electron chi connectivity index (χ0n) is 14.6. The van der Waals surface area contributed by atoms with Crippen LogP contribution in [-0.2, 0) is 0 Å². The number of halogens is 1. The van der Waals surface area contributed by atoms with Gasteiger partial charge in [-0.3, -0.25) is 0 Å². The van der Waals surface area contributed by atoms with E-state index in [1.807, 2.05) is 46.2 Å². The molecule has 134 valence electrons. The van der Waals surface area contributed by atoms with Crippen molar-refractivity contribution in [2.45, 2.75) is 68.6 Å². The van der Waals surface area contributed by atoms with E-state index in [0.717, 1.165) is 0 Å². The highest BCUT2D eigenvalue weighted by Gasteiger charge is 2.13. The van der Waals surface area contributed by atoms with Crippen molar-refractivity contribution in [2.75, 3.05) is 11.5 Å². The van der Waals surface area contributed by atoms with E-state index in [1.54, 1.807) is 0 Å². The Balaban J connectivity index is 1.93. The van der Waals surface area contributed by atoms with E-state index in [4.69, 9.17) is 0 Å². The van der Waals surface area contributed by atoms with Crippen LogP contribution in [0.4, 0.5) is 0 Å². The Morgan fingerprint density at radius 1 is 0.917 bits per heavy atom. The van der Waals surface area contributed by atoms with E-state index in [-0.39, 0.29) is 0 Å². The Morgan fingerprint density at radius 2 is 1.58 bits per heavy atom. The third-order valence-electron chi connectivity index (χ3n) is 3.77. The zero-order chi connectivity index (χ0) is 17.2. The Bertz CT molecular complexity index is 588. The lowest BCUT2D eigenvalue weighted by molar-refractivity contribution is 0.706. The molecule has 0 saturated heterocycles. The van der Waals surface area contributed by atoms with Gasteiger partial charge in [0.05, 0.1) is 8.66 Å². The van der Waals surface area contributed by atoms with E-state index >= 15 is 0 Å². The molecule has 0 aliphatic rings. The molecule has 0 aromatic carbocycles. The minimum absolute atomic E-state index is 1.23. The number of unbranched alkanes of at least 4 members (excludes halogenated alkanes) is 5. The van der Waals surface area contributed by atoms with E-state index in [9.17, 15) is 0 Å². The number of hydrogen-bond donors (Lipinski definition) is 0. The highest BCUT2D eigenvalue weighted by atomic mass is 79.9. The molecule has 0 nitrogen and oxygen atoms in total. The summed E-state index contributed by atoms with van der Waals surface area (Å²) in [5.41, 5.74) is 0. The van der Waals surface area contributed by atoms with Crippen LogP contribution in [0.25, 0.3) is 9.75 Å². The van der Waals surface area contributed by atoms with Gasteiger partial charge in [0.15, 0.2) is 0 Å². The molecule has 2 aromatic heterocycles. The molecule has 24 heavy (non-hydrogen) atoms. The number of hydrogen-bond acceptors (Lipinski definition) is 4. The summed E-state index contributed by atoms with van der Waals surface area (Å²) in [5, 5.41) is 2.24. The third kappa shape index (κ3) is 6.71. The molecule has 0 unspecified atom stereocenters. The van der Waals surface area contributed by atoms with Gasteiger partial charge in [-0.1, -0.05) is 46.0 Å². The van der Waals surface area contributed by atoms with Gasteiger partial charge in [-0.15, -0.1) is 46.2 Å². The molecule has 0 fully saturated rings. The summed E-state index contributed by atoms with van der Waals surface area (Å²) in [6.07, 6.45) is 9.33. The minimum Gasteiger partial charge on any atom is -0.142 e. The van der Waals surface area contributed by atoms with E-state index in [2.05, 4.69) is 47.3 Å². The predicted molar refractivity (Wildman–Crippen MR) is 120 cm³/mol. The van der Waals surface area contributed by atoms with Gasteiger partial charge in [0.25, 0.3) is 0 Å². The molecule has 0 radical (unpaired) electrons. The molecule has 2 aromatic rings. The molecule has 5 heteroatoms. The average molecular weight is 464 g/mol. The lowest BCUT2D eigenvalue weighted by Gasteiger charge is -2.02. The second kappa shape index (κ2) is 12.1. The normalized spacial score (nSPS) is 11.3. The highest BCUT2D eigenvalue weighted by Crippen LogP contribution is 2.45. The van der Waals surface area contributed by atoms with Gasteiger partial charge in [0.2, 0.25) is 0 Å². The van der Waals surface area contributed by atoms with Crippen molar-refractivity contribution in [3.8, 4) is 9.75 Å². The van der Waals surface area contributed by atoms with Crippen molar-refractivity contribution >= 4 is 62.1 Å². The van der Waals surface area contributed by atoms with Gasteiger partial charge in [0.1, 0.15) is 0 Å². The number of rotatable bonds is 12. The molecular formula is C19H27BrS4. The first kappa shape index (κ1) is 20.9. The van der Waals surface area contributed by atoms with Crippen molar-refractivity contribution in [1.82, 2.24) is 0 Å². The van der Waals surface area contributed by atoms with Crippen molar-refractivity contribution < 1.29 is 0 Å². The van der Waals surface area contributed by atoms with E-state index < -0.39 is 0 Å². The largest absolute Gasteiger partial charge is 0.142 e. The first-order chi connectivity index (χ1) is 11.8. The minimum atomic E-state index is 1.23. The number of thiophene rings is 2. The maximum Gasteiger partial charge on any atom is 0.0840 e. The van der Waals surface area contributed by atoms with Crippen LogP contribution in [0.5, 0.6) is 0 Å². The summed E-state index contributed by atoms with van der Waals surface area (Å²) in [4.78, 5) is 5.76. The van der Waals surface area contributed by atoms with Crippen LogP contribution in [0, 0.1) is 0 Å². The Labute approximate surface area is 172 Å². The standard InChI is InChI=1S/C19H27BrS4/c1-3-5-7-9-12-22-17-14-16(24-19(17)20)18-15(10-13-23-18)21-11-8-6-4-2/h10,13-14H,3-9,11-12H2,1-2H3. The zero-order valence-corrected chi connectivity index (χ0v) is 19.5. The van der Waals surface area contributed by atoms with Gasteiger partial charge in [-0.2, -0.15) is 0 Å². The summed E-state index contributed by atoms with van der Waals surface area (Å²) < 4.78 is 1.30. The van der Waals surface area contributed by atoms with Gasteiger partial charge in [-0.05, 0) is 57.8 Å². The van der Waals surface area contributed by atoms with Gasteiger partial charge < -0.3 is 0 Å². The molecule has 0 saturated carbocycles. The second-order valence-corrected chi connectivity index (χ2v) is 11.4. The van der Waals surface area contributed by atoms with E-state index in [1.165, 1.54) is 79.8 Å². The molecule has 2 heterocycles. The summed E-state index contributed by atoms with van der Waals surface area (Å²) in [6, 6.07) is 4.68. The number of thioether (sulfide) groups is 2. The first-order valence-electron chi connectivity index (χ1n) is 8.89. The molecule has 0 N–H and O–H groups in total. The van der Waals surface area contributed by atoms with Crippen molar-refractivity contribution in [1.29, 1.82) is 0 Å². The van der Waals surface area contributed by atoms with Crippen LogP contribution in [0.1, 0.15) is 58.8 Å². The Hall–Kier alpha value is 0.580. The Morgan fingerprint density at radius 3 is 2.33 bits per heavy atom. The third-order valence-corrected chi connectivity index (χ3v) is 9.49. The Kier molecular flexibility index (Phi) is 10.5. The molecule has 0 amide bonds.